The first-order chi connectivity index (χ1) is 9.69. The van der Waals surface area contributed by atoms with Gasteiger partial charge in [0.2, 0.25) is 0 Å². The van der Waals surface area contributed by atoms with Gasteiger partial charge in [-0.3, -0.25) is 0 Å². The molecule has 0 unspecified atom stereocenters. The minimum atomic E-state index is -4.29. The standard InChI is InChI=1S/C12H15F3N4S2/c1-6(2)19(5-12(13,14)15)11-9(10(16)18-21-11)8-4-20-7(3)17-8/h4,6H,5H2,1-3H3,(H2,16,18). The molecule has 0 amide bonds. The third-order valence-corrected chi connectivity index (χ3v) is 4.48. The molecule has 116 valence electrons. The number of aryl methyl sites for hydroxylation is 1. The number of alkyl halides is 3. The summed E-state index contributed by atoms with van der Waals surface area (Å²) in [6.07, 6.45) is -4.29. The van der Waals surface area contributed by atoms with Crippen LogP contribution in [0.5, 0.6) is 0 Å². The van der Waals surface area contributed by atoms with Gasteiger partial charge in [0.15, 0.2) is 0 Å². The molecular formula is C12H15F3N4S2. The fourth-order valence-corrected chi connectivity index (χ4v) is 3.45. The molecule has 0 spiro atoms. The lowest BCUT2D eigenvalue weighted by molar-refractivity contribution is -0.120. The molecule has 0 fully saturated rings. The van der Waals surface area contributed by atoms with Crippen LogP contribution in [-0.2, 0) is 0 Å². The van der Waals surface area contributed by atoms with Crippen LogP contribution < -0.4 is 10.6 Å². The van der Waals surface area contributed by atoms with E-state index in [1.165, 1.54) is 16.2 Å². The second kappa shape index (κ2) is 5.80. The van der Waals surface area contributed by atoms with Gasteiger partial charge in [-0.15, -0.1) is 11.3 Å². The van der Waals surface area contributed by atoms with E-state index in [-0.39, 0.29) is 11.9 Å². The second-order valence-electron chi connectivity index (χ2n) is 4.84. The van der Waals surface area contributed by atoms with Crippen molar-refractivity contribution in [3.63, 3.8) is 0 Å². The molecule has 4 nitrogen and oxygen atoms in total. The fourth-order valence-electron chi connectivity index (χ4n) is 1.89. The van der Waals surface area contributed by atoms with Crippen molar-refractivity contribution in [3.05, 3.63) is 10.4 Å². The van der Waals surface area contributed by atoms with E-state index in [2.05, 4.69) is 9.36 Å². The Kier molecular flexibility index (Phi) is 4.43. The fraction of sp³-hybridized carbons (Fsp3) is 0.500. The molecule has 0 aromatic carbocycles. The molecular weight excluding hydrogens is 321 g/mol. The Hall–Kier alpha value is -1.35. The van der Waals surface area contributed by atoms with Crippen LogP contribution in [0.4, 0.5) is 24.0 Å². The van der Waals surface area contributed by atoms with Crippen LogP contribution in [0.15, 0.2) is 5.38 Å². The first-order valence-corrected chi connectivity index (χ1v) is 7.85. The molecule has 2 aromatic rings. The Bertz CT molecular complexity index is 618. The molecule has 2 heterocycles. The lowest BCUT2D eigenvalue weighted by Gasteiger charge is -2.28. The van der Waals surface area contributed by atoms with Crippen molar-refractivity contribution in [1.29, 1.82) is 0 Å². The molecule has 0 saturated heterocycles. The average molecular weight is 336 g/mol. The van der Waals surface area contributed by atoms with Gasteiger partial charge in [-0.25, -0.2) is 4.98 Å². The molecule has 2 rings (SSSR count). The van der Waals surface area contributed by atoms with E-state index in [1.54, 1.807) is 19.2 Å². The van der Waals surface area contributed by atoms with Crippen LogP contribution in [-0.4, -0.2) is 28.1 Å². The number of nitrogens with two attached hydrogens (primary N) is 1. The summed E-state index contributed by atoms with van der Waals surface area (Å²) in [5.74, 6) is 0.216. The third kappa shape index (κ3) is 3.65. The number of rotatable bonds is 4. The van der Waals surface area contributed by atoms with E-state index in [0.29, 0.717) is 16.3 Å². The Morgan fingerprint density at radius 2 is 2.05 bits per heavy atom. The largest absolute Gasteiger partial charge is 0.405 e. The van der Waals surface area contributed by atoms with Gasteiger partial charge >= 0.3 is 6.18 Å². The van der Waals surface area contributed by atoms with E-state index < -0.39 is 12.7 Å². The quantitative estimate of drug-likeness (QED) is 0.919. The maximum absolute atomic E-state index is 12.8. The SMILES string of the molecule is Cc1nc(-c2c(N)nsc2N(CC(F)(F)F)C(C)C)cs1. The van der Waals surface area contributed by atoms with Crippen molar-refractivity contribution in [2.24, 2.45) is 0 Å². The summed E-state index contributed by atoms with van der Waals surface area (Å²) >= 11 is 2.40. The van der Waals surface area contributed by atoms with Crippen molar-refractivity contribution in [2.75, 3.05) is 17.2 Å². The Labute approximate surface area is 128 Å². The highest BCUT2D eigenvalue weighted by Crippen LogP contribution is 2.41. The van der Waals surface area contributed by atoms with E-state index in [9.17, 15) is 13.2 Å². The number of nitrogens with zero attached hydrogens (tertiary/aromatic N) is 3. The first kappa shape index (κ1) is 16.0. The molecule has 2 aromatic heterocycles. The summed E-state index contributed by atoms with van der Waals surface area (Å²) in [5.41, 5.74) is 6.90. The Morgan fingerprint density at radius 1 is 1.38 bits per heavy atom. The predicted octanol–water partition coefficient (Wildman–Crippen LogP) is 3.93. The number of hydrogen-bond acceptors (Lipinski definition) is 6. The highest BCUT2D eigenvalue weighted by atomic mass is 32.1. The van der Waals surface area contributed by atoms with Crippen LogP contribution in [0.2, 0.25) is 0 Å². The molecule has 0 bridgehead atoms. The zero-order valence-corrected chi connectivity index (χ0v) is 13.4. The molecule has 0 aliphatic heterocycles. The number of hydrogen-bond donors (Lipinski definition) is 1. The topological polar surface area (TPSA) is 55.0 Å². The first-order valence-electron chi connectivity index (χ1n) is 6.20. The van der Waals surface area contributed by atoms with Crippen LogP contribution in [0.1, 0.15) is 18.9 Å². The van der Waals surface area contributed by atoms with Crippen molar-refractivity contribution >= 4 is 33.7 Å². The molecule has 9 heteroatoms. The van der Waals surface area contributed by atoms with E-state index in [4.69, 9.17) is 5.73 Å². The number of halogens is 3. The number of thiazole rings is 1. The van der Waals surface area contributed by atoms with Crippen molar-refractivity contribution in [3.8, 4) is 11.3 Å². The summed E-state index contributed by atoms with van der Waals surface area (Å²) in [6.45, 7) is 4.21. The van der Waals surface area contributed by atoms with E-state index >= 15 is 0 Å². The molecule has 0 radical (unpaired) electrons. The lowest BCUT2D eigenvalue weighted by Crippen LogP contribution is -2.39. The van der Waals surface area contributed by atoms with Gasteiger partial charge in [0, 0.05) is 11.4 Å². The summed E-state index contributed by atoms with van der Waals surface area (Å²) in [4.78, 5) is 5.57. The molecule has 0 saturated carbocycles. The second-order valence-corrected chi connectivity index (χ2v) is 6.65. The van der Waals surface area contributed by atoms with Gasteiger partial charge in [-0.1, -0.05) is 0 Å². The maximum atomic E-state index is 12.8. The van der Waals surface area contributed by atoms with Crippen molar-refractivity contribution < 1.29 is 13.2 Å². The smallest absolute Gasteiger partial charge is 0.382 e. The van der Waals surface area contributed by atoms with Crippen LogP contribution in [0.25, 0.3) is 11.3 Å². The Balaban J connectivity index is 2.47. The number of anilines is 2. The summed E-state index contributed by atoms with van der Waals surface area (Å²) in [6, 6.07) is -0.329. The highest BCUT2D eigenvalue weighted by Gasteiger charge is 2.34. The number of aromatic nitrogens is 2. The van der Waals surface area contributed by atoms with Crippen LogP contribution in [0.3, 0.4) is 0 Å². The average Bonchev–Trinajstić information content (AvgIpc) is 2.91. The molecule has 0 atom stereocenters. The van der Waals surface area contributed by atoms with Crippen LogP contribution in [0, 0.1) is 6.92 Å². The predicted molar refractivity (Wildman–Crippen MR) is 80.9 cm³/mol. The third-order valence-electron chi connectivity index (χ3n) is 2.81. The van der Waals surface area contributed by atoms with Crippen molar-refractivity contribution in [2.45, 2.75) is 33.0 Å². The van der Waals surface area contributed by atoms with E-state index in [1.807, 2.05) is 6.92 Å². The summed E-state index contributed by atoms with van der Waals surface area (Å²) < 4.78 is 42.4. The molecule has 0 aliphatic carbocycles. The number of nitrogen functional groups attached to an aromatic ring is 1. The highest BCUT2D eigenvalue weighted by molar-refractivity contribution is 7.11. The molecule has 2 N–H and O–H groups in total. The van der Waals surface area contributed by atoms with Gasteiger partial charge in [0.05, 0.1) is 16.3 Å². The lowest BCUT2D eigenvalue weighted by atomic mass is 10.2. The molecule has 0 aliphatic rings. The van der Waals surface area contributed by atoms with Gasteiger partial charge < -0.3 is 10.6 Å². The molecule has 21 heavy (non-hydrogen) atoms. The monoisotopic (exact) mass is 336 g/mol. The zero-order valence-electron chi connectivity index (χ0n) is 11.7. The minimum absolute atomic E-state index is 0.216. The summed E-state index contributed by atoms with van der Waals surface area (Å²) in [5, 5.41) is 3.02. The van der Waals surface area contributed by atoms with Crippen LogP contribution >= 0.6 is 22.9 Å². The van der Waals surface area contributed by atoms with Gasteiger partial charge in [-0.2, -0.15) is 17.5 Å². The minimum Gasteiger partial charge on any atom is -0.382 e. The zero-order chi connectivity index (χ0) is 15.8. The van der Waals surface area contributed by atoms with Gasteiger partial charge in [0.1, 0.15) is 17.4 Å². The van der Waals surface area contributed by atoms with Gasteiger partial charge in [-0.05, 0) is 32.3 Å². The maximum Gasteiger partial charge on any atom is 0.405 e. The normalized spacial score (nSPS) is 12.1. The summed E-state index contributed by atoms with van der Waals surface area (Å²) in [7, 11) is 0. The van der Waals surface area contributed by atoms with E-state index in [0.717, 1.165) is 16.5 Å². The van der Waals surface area contributed by atoms with Crippen molar-refractivity contribution in [1.82, 2.24) is 9.36 Å². The van der Waals surface area contributed by atoms with Gasteiger partial charge in [0.25, 0.3) is 0 Å². The Morgan fingerprint density at radius 3 is 2.52 bits per heavy atom.